The van der Waals surface area contributed by atoms with Gasteiger partial charge in [0, 0.05) is 160 Å². The van der Waals surface area contributed by atoms with Crippen LogP contribution in [0.5, 0.6) is 0 Å². The van der Waals surface area contributed by atoms with Crippen LogP contribution in [0.2, 0.25) is 0 Å². The molecule has 16 rings (SSSR count). The number of unbranched alkanes of at least 4 members (excludes halogenated alkanes) is 3. The van der Waals surface area contributed by atoms with E-state index in [1.54, 1.807) is 57.1 Å². The summed E-state index contributed by atoms with van der Waals surface area (Å²) >= 11 is 0. The van der Waals surface area contributed by atoms with Gasteiger partial charge in [0.15, 0.2) is 0 Å². The number of nitrogens with zero attached hydrogens (tertiary/aromatic N) is 13. The van der Waals surface area contributed by atoms with E-state index in [2.05, 4.69) is 139 Å². The molecule has 17 N–H and O–H groups in total. The SMILES string of the molecule is C=Cc1[nH]ncc1/C(=C/N)C1=C(Cc2cn[nH]c2C)CCO1.CC(=O)NC1CCc2c(c(C(C=N)=C(C)N)nc3ccc4[nH]ncc4c23)C1.CCCC/C=C/Cc1cn(C)nc1C.CCCCC(=C/Cc1cn(C)nc1C(F)F)/C(=C\N)c1cn[nH]c1/C=C/F.Cc1[nH]ncc1-c1nc2ccc3[nH]ncc3c2c2c1COCC2.N/C=C/c1cn[nH]c1/C=C/F. The number of carbonyl (C=O) groups excluding carboxylic acids is 1. The molecule has 1 unspecified atom stereocenters. The minimum atomic E-state index is -2.63. The zero-order valence-corrected chi connectivity index (χ0v) is 71.3. The topological polar surface area (TPSA) is 438 Å². The van der Waals surface area contributed by atoms with Crippen molar-refractivity contribution in [3.05, 3.63) is 260 Å². The summed E-state index contributed by atoms with van der Waals surface area (Å²) in [5, 5.41) is 72.1. The van der Waals surface area contributed by atoms with Gasteiger partial charge in [-0.25, -0.2) is 27.5 Å². The number of allylic oxidation sites excluding steroid dienone is 8. The number of amides is 1. The number of fused-ring (bicyclic) bond motifs is 10. The third-order valence-electron chi connectivity index (χ3n) is 21.5. The second kappa shape index (κ2) is 43.9. The van der Waals surface area contributed by atoms with E-state index in [-0.39, 0.29) is 17.6 Å². The highest BCUT2D eigenvalue weighted by atomic mass is 19.3. The lowest BCUT2D eigenvalue weighted by Gasteiger charge is -2.28. The van der Waals surface area contributed by atoms with Gasteiger partial charge in [-0.05, 0) is 179 Å². The number of nitrogens with two attached hydrogens (primary N) is 4. The number of aryl methyl sites for hydroxylation is 6. The van der Waals surface area contributed by atoms with Crippen molar-refractivity contribution in [3.63, 3.8) is 0 Å². The molecular weight excluding hydrogens is 1580 g/mol. The Hall–Kier alpha value is -14.1. The Balaban J connectivity index is 0.000000148. The molecule has 1 amide bonds. The molecule has 0 saturated heterocycles. The van der Waals surface area contributed by atoms with Gasteiger partial charge in [-0.2, -0.15) is 45.9 Å². The van der Waals surface area contributed by atoms with Gasteiger partial charge in [0.2, 0.25) is 5.91 Å². The molecule has 2 aromatic carbocycles. The summed E-state index contributed by atoms with van der Waals surface area (Å²) in [5.74, 6) is 0.807. The quantitative estimate of drug-likeness (QED) is 0.00831. The molecule has 0 bridgehead atoms. The molecule has 1 aliphatic carbocycles. The highest BCUT2D eigenvalue weighted by Gasteiger charge is 2.30. The second-order valence-corrected chi connectivity index (χ2v) is 30.0. The minimum Gasteiger partial charge on any atom is -0.493 e. The first kappa shape index (κ1) is 90.7. The number of halogens is 4. The monoisotopic (exact) mass is 1690 g/mol. The molecule has 124 heavy (non-hydrogen) atoms. The Morgan fingerprint density at radius 3 is 1.95 bits per heavy atom. The van der Waals surface area contributed by atoms with Crippen molar-refractivity contribution in [3.8, 4) is 11.3 Å². The lowest BCUT2D eigenvalue weighted by atomic mass is 9.83. The number of hydrogen-bond donors (Lipinski definition) is 13. The highest BCUT2D eigenvalue weighted by molar-refractivity contribution is 6.13. The van der Waals surface area contributed by atoms with Crippen molar-refractivity contribution in [1.29, 1.82) is 5.41 Å². The predicted molar refractivity (Wildman–Crippen MR) is 482 cm³/mol. The number of aromatic nitrogens is 20. The maximum Gasteiger partial charge on any atom is 0.282 e. The molecule has 11 aromatic heterocycles. The standard InChI is InChI=1S/C20H22N6O.C19H24F3N5.C17H15N5O.C16H19N5O.C12H20N2.C7H8FN3/c1-10(22)15(8-21)20-14-7-12(24-11(2)27)3-4-13(14)19-16-9-23-26-17(16)5-6-18(19)25-20;1-3-4-5-13(6-7-14-12-27(2)26-18(14)19(21)22)15(10-23)16-11-24-25-17(16)8-9-20;1-9-11(6-18-21-9)17-13-8-23-5-4-10(13)16-12-7-19-22-14(12)2-3-15(16)20-17;1-3-15-14(9-19-21-15)13(7-17)16-11(4-5-22-16)6-12-8-18-20-10(12)2;1-4-5-6-7-8-9-12-10-14(3)13-11(12)2;8-3-1-7-6(2-4-9)5-10-11-7/h5-6,8-9,12,21H,3-4,7,22H2,1-2H3,(H,23,26)(H,24,27);6,8-12,19H,3-5,7,23H2,1-2H3,(H,24,25);2-3,6-7H,4-5,8H2,1H3,(H,18,21)(H,19,22);3,7-9H,1,4-6,17H2,2H3,(H,18,20)(H,19,21);7-8,10H,4-6,9H2,1-3H3;1-5H,9H2,(H,10,11)/b;9-8+,13-6-,15-10+;;13-7-;8-7+;3-1+,4-2+. The lowest BCUT2D eigenvalue weighted by Crippen LogP contribution is -2.38. The zero-order valence-electron chi connectivity index (χ0n) is 71.3. The van der Waals surface area contributed by atoms with Gasteiger partial charge in [-0.3, -0.25) is 49.8 Å². The van der Waals surface area contributed by atoms with Crippen molar-refractivity contribution < 1.29 is 31.8 Å². The number of H-pyrrole nitrogens is 7. The molecule has 33 heteroatoms. The van der Waals surface area contributed by atoms with Crippen LogP contribution in [0.15, 0.2) is 159 Å². The molecular formula is C91H108F4N26O3. The van der Waals surface area contributed by atoms with Gasteiger partial charge in [0.1, 0.15) is 11.5 Å². The summed E-state index contributed by atoms with van der Waals surface area (Å²) in [6, 6.07) is 8.11. The van der Waals surface area contributed by atoms with Crippen LogP contribution >= 0.6 is 0 Å². The van der Waals surface area contributed by atoms with E-state index in [1.807, 2.05) is 74.6 Å². The molecule has 29 nitrogen and oxygen atoms in total. The summed E-state index contributed by atoms with van der Waals surface area (Å²) < 4.78 is 65.5. The third kappa shape index (κ3) is 22.0. The van der Waals surface area contributed by atoms with Crippen molar-refractivity contribution in [2.24, 2.45) is 37.0 Å². The van der Waals surface area contributed by atoms with E-state index < -0.39 is 6.43 Å². The number of aromatic amines is 7. The van der Waals surface area contributed by atoms with Crippen LogP contribution in [0, 0.1) is 26.2 Å². The summed E-state index contributed by atoms with van der Waals surface area (Å²) in [4.78, 5) is 21.4. The van der Waals surface area contributed by atoms with Crippen LogP contribution in [-0.2, 0) is 73.5 Å². The fraction of sp³-hybridized carbons (Fsp3) is 0.308. The number of rotatable bonds is 25. The average molecular weight is 1690 g/mol. The first-order valence-electron chi connectivity index (χ1n) is 41.0. The molecule has 2 aliphatic heterocycles. The summed E-state index contributed by atoms with van der Waals surface area (Å²) in [5.41, 5.74) is 49.4. The van der Waals surface area contributed by atoms with Crippen LogP contribution in [0.1, 0.15) is 187 Å². The van der Waals surface area contributed by atoms with Crippen molar-refractivity contribution >= 4 is 96.8 Å². The van der Waals surface area contributed by atoms with Gasteiger partial charge in [-0.1, -0.05) is 57.9 Å². The van der Waals surface area contributed by atoms with E-state index in [0.29, 0.717) is 84.5 Å². The maximum absolute atomic E-state index is 13.2. The first-order chi connectivity index (χ1) is 60.2. The Morgan fingerprint density at radius 2 is 1.33 bits per heavy atom. The highest BCUT2D eigenvalue weighted by Crippen LogP contribution is 2.41. The third-order valence-corrected chi connectivity index (χ3v) is 21.5. The number of benzene rings is 2. The maximum atomic E-state index is 13.2. The van der Waals surface area contributed by atoms with E-state index >= 15 is 0 Å². The normalized spacial score (nSPS) is 14.4. The summed E-state index contributed by atoms with van der Waals surface area (Å²) in [6.07, 6.45) is 44.8. The first-order valence-corrected chi connectivity index (χ1v) is 41.0. The summed E-state index contributed by atoms with van der Waals surface area (Å²) in [6.45, 7) is 19.5. The lowest BCUT2D eigenvalue weighted by molar-refractivity contribution is -0.119. The second-order valence-electron chi connectivity index (χ2n) is 30.0. The number of pyridine rings is 2. The number of hydrogen-bond acceptors (Lipinski definition) is 19. The fourth-order valence-electron chi connectivity index (χ4n) is 15.4. The van der Waals surface area contributed by atoms with Gasteiger partial charge in [-0.15, -0.1) is 0 Å². The number of alkyl halides is 2. The van der Waals surface area contributed by atoms with Gasteiger partial charge < -0.3 is 43.1 Å². The molecule has 0 radical (unpaired) electrons. The van der Waals surface area contributed by atoms with Gasteiger partial charge >= 0.3 is 0 Å². The fourth-order valence-corrected chi connectivity index (χ4v) is 15.4. The summed E-state index contributed by atoms with van der Waals surface area (Å²) in [7, 11) is 3.58. The predicted octanol–water partition coefficient (Wildman–Crippen LogP) is 16.6. The number of carbonyl (C=O) groups is 1. The van der Waals surface area contributed by atoms with Crippen molar-refractivity contribution in [2.45, 2.75) is 157 Å². The van der Waals surface area contributed by atoms with Crippen LogP contribution < -0.4 is 28.3 Å². The molecule has 13 aromatic rings. The average Bonchev–Trinajstić information content (AvgIpc) is 1.33. The molecule has 0 spiro atoms. The molecule has 13 heterocycles. The Labute approximate surface area is 715 Å². The molecule has 0 fully saturated rings. The molecule has 648 valence electrons. The van der Waals surface area contributed by atoms with E-state index in [9.17, 15) is 22.4 Å². The van der Waals surface area contributed by atoms with E-state index in [0.717, 1.165) is 170 Å². The Bertz CT molecular complexity index is 6100. The largest absolute Gasteiger partial charge is 0.493 e. The minimum absolute atomic E-state index is 0.0335. The zero-order chi connectivity index (χ0) is 88.3. The van der Waals surface area contributed by atoms with Gasteiger partial charge in [0.05, 0.1) is 132 Å². The van der Waals surface area contributed by atoms with E-state index in [1.165, 1.54) is 100 Å². The number of nitrogens with one attached hydrogen (secondary N) is 9. The van der Waals surface area contributed by atoms with Crippen LogP contribution in [0.3, 0.4) is 0 Å². The molecule has 0 saturated carbocycles. The van der Waals surface area contributed by atoms with Crippen LogP contribution in [0.4, 0.5) is 17.6 Å². The van der Waals surface area contributed by atoms with Gasteiger partial charge in [0.25, 0.3) is 6.43 Å². The number of ether oxygens (including phenoxy) is 2. The molecule has 3 aliphatic rings. The Kier molecular flexibility index (Phi) is 32.1. The molecule has 1 atom stereocenters. The van der Waals surface area contributed by atoms with Crippen LogP contribution in [0.25, 0.3) is 95.9 Å². The van der Waals surface area contributed by atoms with Crippen molar-refractivity contribution in [1.82, 2.24) is 106 Å². The van der Waals surface area contributed by atoms with E-state index in [4.69, 9.17) is 47.8 Å². The smallest absolute Gasteiger partial charge is 0.282 e. The van der Waals surface area contributed by atoms with Crippen molar-refractivity contribution in [2.75, 3.05) is 13.2 Å². The Morgan fingerprint density at radius 1 is 0.685 bits per heavy atom. The van der Waals surface area contributed by atoms with Crippen LogP contribution in [-0.4, -0.2) is 132 Å².